The maximum atomic E-state index is 13.3. The molecule has 9 heteroatoms. The number of hydrogen-bond acceptors (Lipinski definition) is 4. The molecular formula is C14H12F3N3O3. The molecule has 0 saturated carbocycles. The largest absolute Gasteiger partial charge is 0.465 e. The van der Waals surface area contributed by atoms with Gasteiger partial charge in [0.2, 0.25) is 0 Å². The summed E-state index contributed by atoms with van der Waals surface area (Å²) in [4.78, 5) is 26.6. The zero-order chi connectivity index (χ0) is 16.9. The van der Waals surface area contributed by atoms with Crippen molar-refractivity contribution >= 4 is 23.4 Å². The quantitative estimate of drug-likeness (QED) is 0.801. The average molecular weight is 327 g/mol. The van der Waals surface area contributed by atoms with E-state index in [1.54, 1.807) is 24.3 Å². The number of para-hydroxylation sites is 2. The number of benzene rings is 1. The summed E-state index contributed by atoms with van der Waals surface area (Å²) in [5, 5.41) is 1.83. The Hall–Kier alpha value is -2.71. The van der Waals surface area contributed by atoms with Crippen molar-refractivity contribution in [1.29, 1.82) is 0 Å². The van der Waals surface area contributed by atoms with Crippen molar-refractivity contribution in [2.75, 3.05) is 24.0 Å². The second-order valence-electron chi connectivity index (χ2n) is 5.04. The Morgan fingerprint density at radius 3 is 2.43 bits per heavy atom. The van der Waals surface area contributed by atoms with E-state index in [4.69, 9.17) is 0 Å². The lowest BCUT2D eigenvalue weighted by Crippen LogP contribution is -2.58. The topological polar surface area (TPSA) is 61.9 Å². The van der Waals surface area contributed by atoms with Gasteiger partial charge >= 0.3 is 18.2 Å². The van der Waals surface area contributed by atoms with Gasteiger partial charge in [0.15, 0.2) is 6.04 Å². The van der Waals surface area contributed by atoms with Gasteiger partial charge in [-0.25, -0.2) is 14.5 Å². The van der Waals surface area contributed by atoms with Crippen LogP contribution in [-0.2, 0) is 9.53 Å². The van der Waals surface area contributed by atoms with E-state index in [0.29, 0.717) is 11.4 Å². The fraction of sp³-hybridized carbons (Fsp3) is 0.286. The summed E-state index contributed by atoms with van der Waals surface area (Å²) >= 11 is 0. The minimum Gasteiger partial charge on any atom is -0.465 e. The Labute approximate surface area is 129 Å². The van der Waals surface area contributed by atoms with E-state index < -0.39 is 29.8 Å². The number of urea groups is 1. The lowest BCUT2D eigenvalue weighted by atomic mass is 10.0. The lowest BCUT2D eigenvalue weighted by Gasteiger charge is -2.34. The molecule has 1 aromatic rings. The molecule has 0 aliphatic carbocycles. The van der Waals surface area contributed by atoms with Crippen molar-refractivity contribution in [2.24, 2.45) is 0 Å². The summed E-state index contributed by atoms with van der Waals surface area (Å²) in [7, 11) is 2.48. The predicted octanol–water partition coefficient (Wildman–Crippen LogP) is 1.98. The minimum absolute atomic E-state index is 0.149. The zero-order valence-corrected chi connectivity index (χ0v) is 12.1. The zero-order valence-electron chi connectivity index (χ0n) is 12.1. The van der Waals surface area contributed by atoms with Crippen LogP contribution in [0.1, 0.15) is 0 Å². The number of nitrogens with one attached hydrogen (secondary N) is 1. The van der Waals surface area contributed by atoms with Gasteiger partial charge in [0.05, 0.1) is 18.5 Å². The number of esters is 1. The van der Waals surface area contributed by atoms with Crippen LogP contribution in [0.3, 0.4) is 0 Å². The van der Waals surface area contributed by atoms with Gasteiger partial charge in [0.1, 0.15) is 11.4 Å². The third kappa shape index (κ3) is 2.11. The van der Waals surface area contributed by atoms with E-state index in [0.717, 1.165) is 12.0 Å². The SMILES string of the molecule is COC(=O)C1=C2N(C)c3ccccc3N2C(=O)NC1C(F)(F)F. The number of fused-ring (bicyclic) bond motifs is 3. The predicted molar refractivity (Wildman–Crippen MR) is 74.7 cm³/mol. The molecule has 1 aromatic carbocycles. The highest BCUT2D eigenvalue weighted by Gasteiger charge is 2.54. The summed E-state index contributed by atoms with van der Waals surface area (Å²) in [6, 6.07) is 3.19. The van der Waals surface area contributed by atoms with Crippen LogP contribution in [0.5, 0.6) is 0 Å². The van der Waals surface area contributed by atoms with Crippen molar-refractivity contribution < 1.29 is 27.5 Å². The third-order valence-corrected chi connectivity index (χ3v) is 3.75. The number of ether oxygens (including phenoxy) is 1. The summed E-state index contributed by atoms with van der Waals surface area (Å²) in [5.74, 6) is -1.30. The highest BCUT2D eigenvalue weighted by molar-refractivity contribution is 6.09. The molecule has 1 atom stereocenters. The Kier molecular flexibility index (Phi) is 3.24. The molecular weight excluding hydrogens is 315 g/mol. The second kappa shape index (κ2) is 4.90. The van der Waals surface area contributed by atoms with Crippen LogP contribution in [0.2, 0.25) is 0 Å². The average Bonchev–Trinajstić information content (AvgIpc) is 2.80. The summed E-state index contributed by atoms with van der Waals surface area (Å²) in [6.45, 7) is 0. The Balaban J connectivity index is 2.27. The standard InChI is InChI=1S/C14H12F3N3O3/c1-19-7-5-3-4-6-8(7)20-11(19)9(12(21)23-2)10(14(15,16)17)18-13(20)22/h3-6,10H,1-2H3,(H,18,22). The number of anilines is 2. The monoisotopic (exact) mass is 327 g/mol. The number of amides is 2. The van der Waals surface area contributed by atoms with Crippen molar-refractivity contribution in [3.8, 4) is 0 Å². The van der Waals surface area contributed by atoms with Crippen molar-refractivity contribution in [1.82, 2.24) is 5.32 Å². The molecule has 0 aromatic heterocycles. The van der Waals surface area contributed by atoms with E-state index in [2.05, 4.69) is 4.74 Å². The molecule has 3 rings (SSSR count). The number of carbonyl (C=O) groups is 2. The van der Waals surface area contributed by atoms with Crippen LogP contribution in [0, 0.1) is 0 Å². The molecule has 1 unspecified atom stereocenters. The van der Waals surface area contributed by atoms with Crippen LogP contribution in [-0.4, -0.2) is 38.4 Å². The highest BCUT2D eigenvalue weighted by atomic mass is 19.4. The fourth-order valence-electron chi connectivity index (χ4n) is 2.78. The number of hydrogen-bond donors (Lipinski definition) is 1. The van der Waals surface area contributed by atoms with Crippen molar-refractivity contribution in [2.45, 2.75) is 12.2 Å². The minimum atomic E-state index is -4.83. The molecule has 23 heavy (non-hydrogen) atoms. The van der Waals surface area contributed by atoms with Gasteiger partial charge in [-0.2, -0.15) is 13.2 Å². The molecule has 2 amide bonds. The van der Waals surface area contributed by atoms with Gasteiger partial charge in [0.25, 0.3) is 0 Å². The van der Waals surface area contributed by atoms with Crippen LogP contribution in [0.15, 0.2) is 35.7 Å². The number of carbonyl (C=O) groups excluding carboxylic acids is 2. The molecule has 2 aliphatic rings. The van der Waals surface area contributed by atoms with Gasteiger partial charge in [-0.15, -0.1) is 0 Å². The molecule has 0 radical (unpaired) electrons. The second-order valence-corrected chi connectivity index (χ2v) is 5.04. The molecule has 0 spiro atoms. The molecule has 6 nitrogen and oxygen atoms in total. The van der Waals surface area contributed by atoms with Crippen molar-refractivity contribution in [3.05, 3.63) is 35.7 Å². The van der Waals surface area contributed by atoms with E-state index in [1.165, 1.54) is 11.9 Å². The number of nitrogens with zero attached hydrogens (tertiary/aromatic N) is 2. The number of methoxy groups -OCH3 is 1. The van der Waals surface area contributed by atoms with Crippen LogP contribution in [0.4, 0.5) is 29.3 Å². The fourth-order valence-corrected chi connectivity index (χ4v) is 2.78. The Bertz CT molecular complexity index is 729. The molecule has 0 bridgehead atoms. The van der Waals surface area contributed by atoms with Crippen LogP contribution >= 0.6 is 0 Å². The number of alkyl halides is 3. The summed E-state index contributed by atoms with van der Waals surface area (Å²) in [5.41, 5.74) is 0.254. The van der Waals surface area contributed by atoms with Gasteiger partial charge in [-0.05, 0) is 12.1 Å². The van der Waals surface area contributed by atoms with Gasteiger partial charge in [-0.1, -0.05) is 12.1 Å². The third-order valence-electron chi connectivity index (χ3n) is 3.75. The van der Waals surface area contributed by atoms with Gasteiger partial charge < -0.3 is 15.0 Å². The molecule has 2 aliphatic heterocycles. The molecule has 1 N–H and O–H groups in total. The summed E-state index contributed by atoms with van der Waals surface area (Å²) in [6.07, 6.45) is -4.83. The van der Waals surface area contributed by atoms with Crippen LogP contribution in [0.25, 0.3) is 0 Å². The van der Waals surface area contributed by atoms with Gasteiger partial charge in [-0.3, -0.25) is 0 Å². The first-order valence-corrected chi connectivity index (χ1v) is 6.60. The molecule has 122 valence electrons. The first-order chi connectivity index (χ1) is 10.8. The van der Waals surface area contributed by atoms with E-state index in [9.17, 15) is 22.8 Å². The molecule has 2 heterocycles. The number of rotatable bonds is 1. The molecule has 0 fully saturated rings. The van der Waals surface area contributed by atoms with Crippen LogP contribution < -0.4 is 15.1 Å². The Morgan fingerprint density at radius 2 is 1.87 bits per heavy atom. The van der Waals surface area contributed by atoms with Crippen molar-refractivity contribution in [3.63, 3.8) is 0 Å². The maximum Gasteiger partial charge on any atom is 0.413 e. The maximum absolute atomic E-state index is 13.3. The Morgan fingerprint density at radius 1 is 1.26 bits per heavy atom. The lowest BCUT2D eigenvalue weighted by molar-refractivity contribution is -0.155. The smallest absolute Gasteiger partial charge is 0.413 e. The first kappa shape index (κ1) is 15.2. The van der Waals surface area contributed by atoms with E-state index in [-0.39, 0.29) is 5.82 Å². The van der Waals surface area contributed by atoms with E-state index in [1.807, 2.05) is 5.32 Å². The normalized spacial score (nSPS) is 20.2. The number of halogens is 3. The summed E-state index contributed by atoms with van der Waals surface area (Å²) < 4.78 is 44.3. The molecule has 0 saturated heterocycles. The highest BCUT2D eigenvalue weighted by Crippen LogP contribution is 2.45. The first-order valence-electron chi connectivity index (χ1n) is 6.60. The van der Waals surface area contributed by atoms with Gasteiger partial charge in [0, 0.05) is 7.05 Å². The van der Waals surface area contributed by atoms with E-state index >= 15 is 0 Å².